The fourth-order valence-electron chi connectivity index (χ4n) is 4.63. The topological polar surface area (TPSA) is 188 Å². The third kappa shape index (κ3) is 10.6. The molecule has 2 atom stereocenters. The van der Waals surface area contributed by atoms with Crippen molar-refractivity contribution in [1.29, 1.82) is 0 Å². The number of nitrogens with two attached hydrogens (primary N) is 1. The summed E-state index contributed by atoms with van der Waals surface area (Å²) in [6, 6.07) is 10.8. The van der Waals surface area contributed by atoms with Crippen molar-refractivity contribution in [3.63, 3.8) is 0 Å². The second-order valence-corrected chi connectivity index (χ2v) is 10.1. The molecule has 13 nitrogen and oxygen atoms in total. The Balaban J connectivity index is 1.64. The van der Waals surface area contributed by atoms with E-state index < -0.39 is 12.0 Å². The van der Waals surface area contributed by atoms with Gasteiger partial charge in [-0.1, -0.05) is 12.1 Å². The van der Waals surface area contributed by atoms with Gasteiger partial charge in [0.15, 0.2) is 1.41 Å². The molecule has 3 rings (SSSR count). The summed E-state index contributed by atoms with van der Waals surface area (Å²) in [5.41, 5.74) is 8.43. The monoisotopic (exact) mass is 601 g/mol. The number of aliphatic hydroxyl groups excluding tert-OH is 1. The molecule has 0 spiro atoms. The van der Waals surface area contributed by atoms with Crippen molar-refractivity contribution in [2.75, 3.05) is 50.8 Å². The van der Waals surface area contributed by atoms with Crippen molar-refractivity contribution in [3.05, 3.63) is 47.5 Å². The minimum absolute atomic E-state index is 0.0356. The minimum atomic E-state index is -0.910. The quantitative estimate of drug-likeness (QED) is 0.126. The van der Waals surface area contributed by atoms with Gasteiger partial charge in [-0.25, -0.2) is 10.3 Å². The molecular formula is C30H40N4O9. The van der Waals surface area contributed by atoms with Crippen LogP contribution < -0.4 is 21.8 Å². The van der Waals surface area contributed by atoms with Crippen LogP contribution in [0.15, 0.2) is 36.4 Å². The first-order valence-electron chi connectivity index (χ1n) is 14.6. The molecule has 2 aromatic rings. The molecule has 0 radical (unpaired) electrons. The molecule has 0 fully saturated rings. The average Bonchev–Trinajstić information content (AvgIpc) is 3.30. The molecule has 43 heavy (non-hydrogen) atoms. The fraction of sp³-hybridized carbons (Fsp3) is 0.467. The molecule has 0 aromatic heterocycles. The van der Waals surface area contributed by atoms with Crippen LogP contribution in [0.2, 0.25) is 1.41 Å². The number of hydrogen-bond donors (Lipinski definition) is 5. The van der Waals surface area contributed by atoms with Gasteiger partial charge in [0, 0.05) is 50.5 Å². The Kier molecular flexibility index (Phi) is 12.7. The lowest BCUT2D eigenvalue weighted by molar-refractivity contribution is -0.134. The van der Waals surface area contributed by atoms with Crippen LogP contribution in [0.25, 0.3) is 11.1 Å². The maximum atomic E-state index is 12.6. The molecule has 13 heteroatoms. The minimum Gasteiger partial charge on any atom is -0.449 e. The molecule has 0 heterocycles. The summed E-state index contributed by atoms with van der Waals surface area (Å²) in [6.07, 6.45) is 0.464. The van der Waals surface area contributed by atoms with E-state index >= 15 is 0 Å². The van der Waals surface area contributed by atoms with Gasteiger partial charge in [-0.2, -0.15) is 0 Å². The molecular weight excluding hydrogens is 560 g/mol. The molecule has 0 bridgehead atoms. The number of hydroxylamine groups is 1. The highest BCUT2D eigenvalue weighted by Crippen LogP contribution is 2.46. The molecule has 234 valence electrons. The van der Waals surface area contributed by atoms with E-state index in [1.165, 1.54) is 0 Å². The number of amides is 4. The Morgan fingerprint density at radius 1 is 0.953 bits per heavy atom. The number of carbonyl (C=O) groups excluding carboxylic acids is 4. The SMILES string of the molecule is [2H]NC(=O)OCC1c2cc(NC(=O)CCCC(=O)NOCCCOC)ccc2-c2ccc(NC(=O)COC(C)CCO)cc21. The van der Waals surface area contributed by atoms with Gasteiger partial charge in [0.25, 0.3) is 0 Å². The van der Waals surface area contributed by atoms with Crippen molar-refractivity contribution in [2.24, 2.45) is 5.73 Å². The standard InChI is InChI=1S/C30H40N4O9/c1-19(11-12-35)41-18-29(38)33-21-8-10-23-22-9-7-20(15-24(22)26(25(23)16-21)17-42-30(31)39)32-27(36)5-3-6-28(37)34-43-14-4-13-40-2/h7-10,15-16,19,26,35H,3-6,11-14,17-18H2,1-2H3,(H2,31,39)(H,32,36)(H,33,38)(H,34,37)/i/hD. The van der Waals surface area contributed by atoms with Crippen LogP contribution in [0.3, 0.4) is 0 Å². The Hall–Kier alpha value is -4.04. The van der Waals surface area contributed by atoms with Crippen LogP contribution in [0.5, 0.6) is 0 Å². The van der Waals surface area contributed by atoms with E-state index in [4.69, 9.17) is 25.6 Å². The molecule has 1 aliphatic rings. The largest absolute Gasteiger partial charge is 0.449 e. The van der Waals surface area contributed by atoms with Crippen LogP contribution in [0, 0.1) is 0 Å². The molecule has 2 aromatic carbocycles. The van der Waals surface area contributed by atoms with E-state index in [9.17, 15) is 19.2 Å². The zero-order chi connectivity index (χ0) is 31.9. The highest BCUT2D eigenvalue weighted by atomic mass is 16.7. The third-order valence-corrected chi connectivity index (χ3v) is 6.72. The summed E-state index contributed by atoms with van der Waals surface area (Å²) in [5, 5.41) is 14.7. The number of hydrogen-bond acceptors (Lipinski definition) is 9. The molecule has 6 N–H and O–H groups in total. The van der Waals surface area contributed by atoms with Crippen molar-refractivity contribution in [1.82, 2.24) is 5.48 Å². The van der Waals surface area contributed by atoms with Crippen LogP contribution in [-0.2, 0) is 33.4 Å². The number of ether oxygens (including phenoxy) is 3. The third-order valence-electron chi connectivity index (χ3n) is 6.72. The predicted octanol–water partition coefficient (Wildman–Crippen LogP) is 2.81. The van der Waals surface area contributed by atoms with E-state index in [-0.39, 0.29) is 56.5 Å². The summed E-state index contributed by atoms with van der Waals surface area (Å²) in [7, 11) is 1.58. The van der Waals surface area contributed by atoms with Gasteiger partial charge >= 0.3 is 6.09 Å². The van der Waals surface area contributed by atoms with Crippen molar-refractivity contribution in [2.45, 2.75) is 51.0 Å². The van der Waals surface area contributed by atoms with Crippen LogP contribution in [-0.4, -0.2) is 75.2 Å². The lowest BCUT2D eigenvalue weighted by Gasteiger charge is -2.15. The molecule has 0 aliphatic heterocycles. The Morgan fingerprint density at radius 2 is 1.60 bits per heavy atom. The summed E-state index contributed by atoms with van der Waals surface area (Å²) in [5.74, 6) is -1.37. The summed E-state index contributed by atoms with van der Waals surface area (Å²) < 4.78 is 22.6. The zero-order valence-electron chi connectivity index (χ0n) is 25.4. The highest BCUT2D eigenvalue weighted by Gasteiger charge is 2.30. The first kappa shape index (κ1) is 31.9. The summed E-state index contributed by atoms with van der Waals surface area (Å²) >= 11 is 0. The highest BCUT2D eigenvalue weighted by molar-refractivity contribution is 5.94. The molecule has 0 saturated heterocycles. The van der Waals surface area contributed by atoms with Gasteiger partial charge in [0.05, 0.1) is 12.7 Å². The Bertz CT molecular complexity index is 1290. The summed E-state index contributed by atoms with van der Waals surface area (Å²) in [6.45, 7) is 2.34. The van der Waals surface area contributed by atoms with E-state index in [0.717, 1.165) is 22.3 Å². The molecule has 2 unspecified atom stereocenters. The van der Waals surface area contributed by atoms with E-state index in [2.05, 4.69) is 16.1 Å². The number of aliphatic hydroxyl groups is 1. The van der Waals surface area contributed by atoms with Gasteiger partial charge in [0.1, 0.15) is 13.2 Å². The maximum Gasteiger partial charge on any atom is 0.404 e. The maximum absolute atomic E-state index is 12.6. The lowest BCUT2D eigenvalue weighted by Crippen LogP contribution is -2.24. The van der Waals surface area contributed by atoms with Gasteiger partial charge in [-0.15, -0.1) is 0 Å². The normalized spacial score (nSPS) is 14.1. The van der Waals surface area contributed by atoms with Crippen molar-refractivity contribution in [3.8, 4) is 11.1 Å². The Morgan fingerprint density at radius 3 is 2.23 bits per heavy atom. The predicted molar refractivity (Wildman–Crippen MR) is 158 cm³/mol. The summed E-state index contributed by atoms with van der Waals surface area (Å²) in [4.78, 5) is 53.8. The number of anilines is 2. The molecule has 0 saturated carbocycles. The first-order chi connectivity index (χ1) is 21.2. The zero-order valence-corrected chi connectivity index (χ0v) is 24.4. The number of methoxy groups -OCH3 is 1. The lowest BCUT2D eigenvalue weighted by atomic mass is 9.97. The van der Waals surface area contributed by atoms with Gasteiger partial charge in [-0.05, 0) is 72.7 Å². The number of nitrogens with one attached hydrogen (secondary N) is 3. The van der Waals surface area contributed by atoms with E-state index in [1.807, 2.05) is 12.1 Å². The van der Waals surface area contributed by atoms with E-state index in [1.54, 1.807) is 44.0 Å². The van der Waals surface area contributed by atoms with Crippen LogP contribution in [0.1, 0.15) is 56.1 Å². The number of fused-ring (bicyclic) bond motifs is 3. The molecule has 4 amide bonds. The second kappa shape index (κ2) is 17.2. The second-order valence-electron chi connectivity index (χ2n) is 10.1. The molecule has 1 aliphatic carbocycles. The van der Waals surface area contributed by atoms with E-state index in [0.29, 0.717) is 43.9 Å². The van der Waals surface area contributed by atoms with Crippen LogP contribution >= 0.6 is 0 Å². The smallest absolute Gasteiger partial charge is 0.404 e. The first-order valence-corrected chi connectivity index (χ1v) is 14.1. The number of benzene rings is 2. The van der Waals surface area contributed by atoms with Crippen molar-refractivity contribution < 1.29 is 44.7 Å². The van der Waals surface area contributed by atoms with Crippen molar-refractivity contribution >= 4 is 35.2 Å². The van der Waals surface area contributed by atoms with Gasteiger partial charge < -0.3 is 35.7 Å². The number of rotatable bonds is 18. The Labute approximate surface area is 251 Å². The van der Waals surface area contributed by atoms with Crippen LogP contribution in [0.4, 0.5) is 16.2 Å². The number of carbonyl (C=O) groups is 4. The fourth-order valence-corrected chi connectivity index (χ4v) is 4.63. The number of primary amides is 1. The average molecular weight is 602 g/mol. The van der Waals surface area contributed by atoms with Gasteiger partial charge in [0.2, 0.25) is 17.7 Å². The van der Waals surface area contributed by atoms with Gasteiger partial charge in [-0.3, -0.25) is 19.2 Å².